The predicted octanol–water partition coefficient (Wildman–Crippen LogP) is 3.80. The maximum atomic E-state index is 4.73. The Hall–Kier alpha value is -1.13. The third-order valence-corrected chi connectivity index (χ3v) is 4.88. The van der Waals surface area contributed by atoms with E-state index in [-0.39, 0.29) is 0 Å². The van der Waals surface area contributed by atoms with Crippen LogP contribution in [0.2, 0.25) is 0 Å². The van der Waals surface area contributed by atoms with Crippen LogP contribution in [0.15, 0.2) is 10.5 Å². The van der Waals surface area contributed by atoms with E-state index >= 15 is 0 Å². The first-order valence-corrected chi connectivity index (χ1v) is 7.61. The molecule has 1 heterocycles. The topological polar surface area (TPSA) is 29.9 Å². The fourth-order valence-electron chi connectivity index (χ4n) is 2.62. The van der Waals surface area contributed by atoms with Gasteiger partial charge in [0, 0.05) is 19.2 Å². The van der Waals surface area contributed by atoms with Gasteiger partial charge in [-0.05, 0) is 72.9 Å². The Morgan fingerprint density at radius 2 is 1.70 bits per heavy atom. The Balaban J connectivity index is 2.72. The van der Waals surface area contributed by atoms with Crippen molar-refractivity contribution in [3.8, 4) is 11.3 Å². The molecule has 20 heavy (non-hydrogen) atoms. The van der Waals surface area contributed by atoms with Crippen LogP contribution in [0.25, 0.3) is 11.3 Å². The summed E-state index contributed by atoms with van der Waals surface area (Å²) in [7, 11) is 3.95. The van der Waals surface area contributed by atoms with Crippen LogP contribution >= 0.6 is 15.9 Å². The summed E-state index contributed by atoms with van der Waals surface area (Å²) in [6.07, 6.45) is 0. The molecule has 4 heteroatoms. The van der Waals surface area contributed by atoms with Gasteiger partial charge in [-0.2, -0.15) is 5.10 Å². The molecule has 1 N–H and O–H groups in total. The average Bonchev–Trinajstić information content (AvgIpc) is 2.66. The van der Waals surface area contributed by atoms with Gasteiger partial charge in [0.25, 0.3) is 0 Å². The van der Waals surface area contributed by atoms with Crippen LogP contribution in [-0.4, -0.2) is 16.8 Å². The molecule has 0 saturated carbocycles. The number of halogens is 1. The van der Waals surface area contributed by atoms with E-state index in [9.17, 15) is 0 Å². The average molecular weight is 336 g/mol. The second-order valence-corrected chi connectivity index (χ2v) is 6.19. The molecule has 108 valence electrons. The number of rotatable bonds is 3. The summed E-state index contributed by atoms with van der Waals surface area (Å²) in [5.74, 6) is 0. The van der Waals surface area contributed by atoms with Crippen molar-refractivity contribution < 1.29 is 0 Å². The van der Waals surface area contributed by atoms with Crippen molar-refractivity contribution in [1.29, 1.82) is 0 Å². The second kappa shape index (κ2) is 5.70. The highest BCUT2D eigenvalue weighted by atomic mass is 79.9. The summed E-state index contributed by atoms with van der Waals surface area (Å²) in [4.78, 5) is 0. The van der Waals surface area contributed by atoms with E-state index in [1.807, 2.05) is 18.8 Å². The van der Waals surface area contributed by atoms with Crippen LogP contribution in [0.3, 0.4) is 0 Å². The fraction of sp³-hybridized carbons (Fsp3) is 0.438. The molecule has 0 fully saturated rings. The normalized spacial score (nSPS) is 11.2. The monoisotopic (exact) mass is 335 g/mol. The first-order chi connectivity index (χ1) is 9.38. The molecule has 0 aliphatic carbocycles. The van der Waals surface area contributed by atoms with Crippen LogP contribution in [0.1, 0.15) is 27.9 Å². The molecular formula is C16H22BrN3. The van der Waals surface area contributed by atoms with Crippen molar-refractivity contribution in [1.82, 2.24) is 15.1 Å². The van der Waals surface area contributed by atoms with Crippen LogP contribution in [0, 0.1) is 27.7 Å². The molecule has 1 aromatic carbocycles. The molecule has 0 aliphatic heterocycles. The van der Waals surface area contributed by atoms with E-state index < -0.39 is 0 Å². The summed E-state index contributed by atoms with van der Waals surface area (Å²) in [6, 6.07) is 2.25. The number of aryl methyl sites for hydroxylation is 3. The third-order valence-electron chi connectivity index (χ3n) is 4.05. The summed E-state index contributed by atoms with van der Waals surface area (Å²) >= 11 is 3.73. The highest BCUT2D eigenvalue weighted by Gasteiger charge is 2.19. The molecule has 0 aliphatic rings. The maximum absolute atomic E-state index is 4.73. The fourth-order valence-corrected chi connectivity index (χ4v) is 3.30. The number of benzene rings is 1. The standard InChI is InChI=1S/C16H22BrN3/c1-9-7-10(2)12(4)14(11(9)3)16-15(17)13(8-18-5)20(6)19-16/h7,18H,8H2,1-6H3. The zero-order chi connectivity index (χ0) is 15.0. The van der Waals surface area contributed by atoms with Crippen LogP contribution in [0.4, 0.5) is 0 Å². The molecule has 2 aromatic rings. The van der Waals surface area contributed by atoms with Crippen molar-refractivity contribution in [2.24, 2.45) is 7.05 Å². The van der Waals surface area contributed by atoms with Crippen molar-refractivity contribution in [3.63, 3.8) is 0 Å². The SMILES string of the molecule is CNCc1c(Br)c(-c2c(C)c(C)cc(C)c2C)nn1C. The Morgan fingerprint density at radius 1 is 1.15 bits per heavy atom. The lowest BCUT2D eigenvalue weighted by atomic mass is 9.92. The quantitative estimate of drug-likeness (QED) is 0.924. The van der Waals surface area contributed by atoms with Gasteiger partial charge < -0.3 is 5.32 Å². The molecule has 0 bridgehead atoms. The van der Waals surface area contributed by atoms with Crippen molar-refractivity contribution >= 4 is 15.9 Å². The lowest BCUT2D eigenvalue weighted by Gasteiger charge is -2.14. The molecule has 2 rings (SSSR count). The number of aromatic nitrogens is 2. The molecule has 0 spiro atoms. The van der Waals surface area contributed by atoms with Gasteiger partial charge in [0.15, 0.2) is 0 Å². The highest BCUT2D eigenvalue weighted by molar-refractivity contribution is 9.10. The van der Waals surface area contributed by atoms with E-state index in [4.69, 9.17) is 5.10 Å². The largest absolute Gasteiger partial charge is 0.314 e. The molecule has 3 nitrogen and oxygen atoms in total. The van der Waals surface area contributed by atoms with Crippen molar-refractivity contribution in [3.05, 3.63) is 38.5 Å². The Morgan fingerprint density at radius 3 is 2.20 bits per heavy atom. The number of nitrogens with zero attached hydrogens (tertiary/aromatic N) is 2. The van der Waals surface area contributed by atoms with Gasteiger partial charge in [0.1, 0.15) is 5.69 Å². The first kappa shape index (κ1) is 15.3. The second-order valence-electron chi connectivity index (χ2n) is 5.40. The third kappa shape index (κ3) is 2.42. The van der Waals surface area contributed by atoms with Gasteiger partial charge in [-0.3, -0.25) is 4.68 Å². The Labute approximate surface area is 129 Å². The van der Waals surface area contributed by atoms with Crippen LogP contribution in [0.5, 0.6) is 0 Å². The molecule has 0 unspecified atom stereocenters. The van der Waals surface area contributed by atoms with Gasteiger partial charge in [0.2, 0.25) is 0 Å². The van der Waals surface area contributed by atoms with Gasteiger partial charge in [-0.25, -0.2) is 0 Å². The molecule has 1 aromatic heterocycles. The van der Waals surface area contributed by atoms with E-state index in [2.05, 4.69) is 55.0 Å². The number of nitrogens with one attached hydrogen (secondary N) is 1. The van der Waals surface area contributed by atoms with Crippen molar-refractivity contribution in [2.75, 3.05) is 7.05 Å². The number of hydrogen-bond donors (Lipinski definition) is 1. The van der Waals surface area contributed by atoms with E-state index in [0.29, 0.717) is 0 Å². The Bertz CT molecular complexity index is 630. The summed E-state index contributed by atoms with van der Waals surface area (Å²) < 4.78 is 3.04. The summed E-state index contributed by atoms with van der Waals surface area (Å²) in [6.45, 7) is 9.48. The minimum Gasteiger partial charge on any atom is -0.314 e. The summed E-state index contributed by atoms with van der Waals surface area (Å²) in [5.41, 5.74) is 8.71. The molecule has 0 atom stereocenters. The minimum atomic E-state index is 0.799. The van der Waals surface area contributed by atoms with Gasteiger partial charge >= 0.3 is 0 Å². The Kier molecular flexibility index (Phi) is 4.35. The smallest absolute Gasteiger partial charge is 0.107 e. The zero-order valence-corrected chi connectivity index (χ0v) is 14.6. The molecule has 0 saturated heterocycles. The van der Waals surface area contributed by atoms with E-state index in [0.717, 1.165) is 16.7 Å². The highest BCUT2D eigenvalue weighted by Crippen LogP contribution is 2.36. The van der Waals surface area contributed by atoms with Gasteiger partial charge in [-0.15, -0.1) is 0 Å². The van der Waals surface area contributed by atoms with Gasteiger partial charge in [-0.1, -0.05) is 6.07 Å². The van der Waals surface area contributed by atoms with Crippen LogP contribution in [-0.2, 0) is 13.6 Å². The van der Waals surface area contributed by atoms with Gasteiger partial charge in [0.05, 0.1) is 10.2 Å². The summed E-state index contributed by atoms with van der Waals surface area (Å²) in [5, 5.41) is 7.92. The maximum Gasteiger partial charge on any atom is 0.107 e. The zero-order valence-electron chi connectivity index (χ0n) is 13.1. The van der Waals surface area contributed by atoms with E-state index in [1.54, 1.807) is 0 Å². The molecular weight excluding hydrogens is 314 g/mol. The first-order valence-electron chi connectivity index (χ1n) is 6.82. The molecule has 0 radical (unpaired) electrons. The predicted molar refractivity (Wildman–Crippen MR) is 88.1 cm³/mol. The lowest BCUT2D eigenvalue weighted by Crippen LogP contribution is -2.10. The number of hydrogen-bond acceptors (Lipinski definition) is 2. The van der Waals surface area contributed by atoms with Crippen molar-refractivity contribution in [2.45, 2.75) is 34.2 Å². The van der Waals surface area contributed by atoms with Crippen LogP contribution < -0.4 is 5.32 Å². The minimum absolute atomic E-state index is 0.799. The van der Waals surface area contributed by atoms with E-state index in [1.165, 1.54) is 33.5 Å². The lowest BCUT2D eigenvalue weighted by molar-refractivity contribution is 0.671. The molecule has 0 amide bonds.